The molecule has 0 fully saturated rings. The molecule has 0 bridgehead atoms. The second-order valence-corrected chi connectivity index (χ2v) is 1.61. The van der Waals surface area contributed by atoms with Crippen molar-refractivity contribution < 1.29 is 9.90 Å². The molecular formula is C4H10N4O2. The van der Waals surface area contributed by atoms with Crippen molar-refractivity contribution in [3.05, 3.63) is 0 Å². The van der Waals surface area contributed by atoms with E-state index in [2.05, 4.69) is 10.5 Å². The molecule has 0 aliphatic rings. The van der Waals surface area contributed by atoms with Crippen molar-refractivity contribution in [3.63, 3.8) is 0 Å². The Balaban J connectivity index is 3.56. The number of hydrogen-bond donors (Lipinski definition) is 4. The minimum Gasteiger partial charge on any atom is -0.481 e. The molecule has 0 aromatic rings. The summed E-state index contributed by atoms with van der Waals surface area (Å²) >= 11 is 0. The number of nitrogens with zero attached hydrogens (tertiary/aromatic N) is 1. The number of nitrogens with two attached hydrogens (primary N) is 2. The van der Waals surface area contributed by atoms with E-state index in [4.69, 9.17) is 16.8 Å². The molecule has 0 aliphatic carbocycles. The van der Waals surface area contributed by atoms with Crippen LogP contribution in [-0.4, -0.2) is 16.9 Å². The van der Waals surface area contributed by atoms with Crippen LogP contribution in [-0.2, 0) is 4.79 Å². The fourth-order valence-corrected chi connectivity index (χ4v) is 0.399. The number of rotatable bonds is 3. The van der Waals surface area contributed by atoms with Crippen LogP contribution < -0.4 is 17.1 Å². The van der Waals surface area contributed by atoms with Gasteiger partial charge in [0.2, 0.25) is 0 Å². The van der Waals surface area contributed by atoms with Gasteiger partial charge < -0.3 is 16.4 Å². The Morgan fingerprint density at radius 2 is 2.20 bits per heavy atom. The third-order valence-electron chi connectivity index (χ3n) is 0.898. The van der Waals surface area contributed by atoms with Crippen molar-refractivity contribution in [3.8, 4) is 0 Å². The van der Waals surface area contributed by atoms with Gasteiger partial charge in [-0.05, 0) is 0 Å². The minimum absolute atomic E-state index is 0.0275. The second kappa shape index (κ2) is 4.57. The van der Waals surface area contributed by atoms with Crippen molar-refractivity contribution in [2.75, 3.05) is 0 Å². The van der Waals surface area contributed by atoms with Crippen LogP contribution in [0, 0.1) is 0 Å². The second-order valence-electron chi connectivity index (χ2n) is 1.61. The third kappa shape index (κ3) is 3.67. The van der Waals surface area contributed by atoms with Crippen LogP contribution in [0.3, 0.4) is 0 Å². The van der Waals surface area contributed by atoms with Crippen LogP contribution in [0.15, 0.2) is 5.10 Å². The lowest BCUT2D eigenvalue weighted by atomic mass is 10.3. The standard InChI is InChI=1S/C4H10N4O2/c5-7-3(8-6)1-2-4(9)10/h1-2,5-6H2,(H,7,8)(H,9,10). The van der Waals surface area contributed by atoms with Gasteiger partial charge in [-0.25, -0.2) is 5.84 Å². The Bertz CT molecular complexity index is 144. The highest BCUT2D eigenvalue weighted by molar-refractivity contribution is 5.84. The minimum atomic E-state index is -0.906. The van der Waals surface area contributed by atoms with Gasteiger partial charge in [0, 0.05) is 6.42 Å². The van der Waals surface area contributed by atoms with E-state index in [0.29, 0.717) is 0 Å². The normalized spacial score (nSPS) is 11.1. The van der Waals surface area contributed by atoms with E-state index >= 15 is 0 Å². The summed E-state index contributed by atoms with van der Waals surface area (Å²) in [5, 5.41) is 11.4. The number of carboxylic acids is 1. The lowest BCUT2D eigenvalue weighted by Gasteiger charge is -1.99. The molecule has 6 nitrogen and oxygen atoms in total. The molecule has 0 aromatic carbocycles. The molecule has 0 unspecified atom stereocenters. The van der Waals surface area contributed by atoms with Crippen molar-refractivity contribution >= 4 is 11.8 Å². The average molecular weight is 146 g/mol. The fraction of sp³-hybridized carbons (Fsp3) is 0.500. The van der Waals surface area contributed by atoms with Crippen LogP contribution >= 0.6 is 0 Å². The summed E-state index contributed by atoms with van der Waals surface area (Å²) in [7, 11) is 0. The van der Waals surface area contributed by atoms with Crippen molar-refractivity contribution in [2.45, 2.75) is 12.8 Å². The Morgan fingerprint density at radius 3 is 2.50 bits per heavy atom. The van der Waals surface area contributed by atoms with E-state index in [1.807, 2.05) is 0 Å². The third-order valence-corrected chi connectivity index (χ3v) is 0.898. The summed E-state index contributed by atoms with van der Waals surface area (Å²) in [5.41, 5.74) is 2.17. The summed E-state index contributed by atoms with van der Waals surface area (Å²) in [6.45, 7) is 0. The highest BCUT2D eigenvalue weighted by atomic mass is 16.4. The maximum absolute atomic E-state index is 9.97. The SMILES string of the molecule is N/N=C(/CCC(=O)O)NN. The molecule has 0 atom stereocenters. The molecule has 6 heteroatoms. The van der Waals surface area contributed by atoms with Gasteiger partial charge in [-0.2, -0.15) is 5.10 Å². The number of hydrazone groups is 1. The molecule has 0 saturated heterocycles. The Labute approximate surface area is 57.9 Å². The number of amidine groups is 1. The lowest BCUT2D eigenvalue weighted by Crippen LogP contribution is -2.31. The quantitative estimate of drug-likeness (QED) is 0.169. The number of aliphatic carboxylic acids is 1. The number of hydrogen-bond acceptors (Lipinski definition) is 4. The first-order valence-corrected chi connectivity index (χ1v) is 2.66. The molecule has 0 saturated carbocycles. The fourth-order valence-electron chi connectivity index (χ4n) is 0.399. The molecule has 6 N–H and O–H groups in total. The molecule has 0 amide bonds. The first-order chi connectivity index (χ1) is 4.70. The summed E-state index contributed by atoms with van der Waals surface area (Å²) in [6.07, 6.45) is 0.197. The van der Waals surface area contributed by atoms with Gasteiger partial charge in [-0.15, -0.1) is 0 Å². The zero-order chi connectivity index (χ0) is 7.98. The molecule has 0 spiro atoms. The van der Waals surface area contributed by atoms with E-state index in [1.54, 1.807) is 0 Å². The zero-order valence-corrected chi connectivity index (χ0v) is 5.37. The largest absolute Gasteiger partial charge is 0.481 e. The first-order valence-electron chi connectivity index (χ1n) is 2.66. The Hall–Kier alpha value is -1.30. The van der Waals surface area contributed by atoms with E-state index in [9.17, 15) is 4.79 Å². The number of hydrazine groups is 1. The van der Waals surface area contributed by atoms with Gasteiger partial charge in [0.25, 0.3) is 0 Å². The molecule has 0 aromatic heterocycles. The summed E-state index contributed by atoms with van der Waals surface area (Å²) in [6, 6.07) is 0. The zero-order valence-electron chi connectivity index (χ0n) is 5.37. The highest BCUT2D eigenvalue weighted by Gasteiger charge is 2.00. The Morgan fingerprint density at radius 1 is 1.60 bits per heavy atom. The van der Waals surface area contributed by atoms with E-state index in [1.165, 1.54) is 0 Å². The molecule has 0 aliphatic heterocycles. The maximum Gasteiger partial charge on any atom is 0.303 e. The van der Waals surface area contributed by atoms with Crippen molar-refractivity contribution in [1.29, 1.82) is 0 Å². The predicted octanol–water partition coefficient (Wildman–Crippen LogP) is -1.41. The van der Waals surface area contributed by atoms with Crippen molar-refractivity contribution in [2.24, 2.45) is 16.8 Å². The van der Waals surface area contributed by atoms with E-state index < -0.39 is 5.97 Å². The maximum atomic E-state index is 9.97. The van der Waals surface area contributed by atoms with Crippen LogP contribution in [0.2, 0.25) is 0 Å². The van der Waals surface area contributed by atoms with Crippen LogP contribution in [0.1, 0.15) is 12.8 Å². The number of carbonyl (C=O) groups is 1. The average Bonchev–Trinajstić information content (AvgIpc) is 1.90. The molecular weight excluding hydrogens is 136 g/mol. The molecule has 10 heavy (non-hydrogen) atoms. The molecule has 58 valence electrons. The smallest absolute Gasteiger partial charge is 0.303 e. The van der Waals surface area contributed by atoms with Gasteiger partial charge in [0.05, 0.1) is 6.42 Å². The van der Waals surface area contributed by atoms with E-state index in [0.717, 1.165) is 0 Å². The lowest BCUT2D eigenvalue weighted by molar-refractivity contribution is -0.136. The van der Waals surface area contributed by atoms with Gasteiger partial charge in [-0.3, -0.25) is 4.79 Å². The van der Waals surface area contributed by atoms with Crippen LogP contribution in [0.5, 0.6) is 0 Å². The molecule has 0 rings (SSSR count). The molecule has 0 heterocycles. The van der Waals surface area contributed by atoms with Gasteiger partial charge in [0.15, 0.2) is 0 Å². The Kier molecular flexibility index (Phi) is 3.97. The highest BCUT2D eigenvalue weighted by Crippen LogP contribution is 1.87. The summed E-state index contributed by atoms with van der Waals surface area (Å²) < 4.78 is 0. The summed E-state index contributed by atoms with van der Waals surface area (Å²) in [4.78, 5) is 9.97. The van der Waals surface area contributed by atoms with Gasteiger partial charge in [-0.1, -0.05) is 0 Å². The molecule has 0 radical (unpaired) electrons. The summed E-state index contributed by atoms with van der Waals surface area (Å²) in [5.74, 6) is 9.11. The number of nitrogens with one attached hydrogen (secondary N) is 1. The number of carboxylic acid groups (broad SMARTS) is 1. The van der Waals surface area contributed by atoms with Crippen molar-refractivity contribution in [1.82, 2.24) is 5.43 Å². The van der Waals surface area contributed by atoms with E-state index in [-0.39, 0.29) is 18.7 Å². The topological polar surface area (TPSA) is 114 Å². The monoisotopic (exact) mass is 146 g/mol. The van der Waals surface area contributed by atoms with Crippen LogP contribution in [0.4, 0.5) is 0 Å². The van der Waals surface area contributed by atoms with Crippen LogP contribution in [0.25, 0.3) is 0 Å². The van der Waals surface area contributed by atoms with Gasteiger partial charge >= 0.3 is 5.97 Å². The first kappa shape index (κ1) is 8.70. The van der Waals surface area contributed by atoms with Gasteiger partial charge in [0.1, 0.15) is 5.84 Å². The predicted molar refractivity (Wildman–Crippen MR) is 35.8 cm³/mol.